The van der Waals surface area contributed by atoms with Crippen molar-refractivity contribution in [3.8, 4) is 0 Å². The van der Waals surface area contributed by atoms with Gasteiger partial charge in [0.25, 0.3) is 0 Å². The molecule has 1 aromatic heterocycles. The van der Waals surface area contributed by atoms with Crippen LogP contribution in [0.1, 0.15) is 35.4 Å². The van der Waals surface area contributed by atoms with Gasteiger partial charge in [-0.15, -0.1) is 0 Å². The van der Waals surface area contributed by atoms with Crippen molar-refractivity contribution in [3.05, 3.63) is 40.8 Å². The predicted molar refractivity (Wildman–Crippen MR) is 98.0 cm³/mol. The fourth-order valence-electron chi connectivity index (χ4n) is 3.50. The maximum Gasteiger partial charge on any atom is 0.416 e. The summed E-state index contributed by atoms with van der Waals surface area (Å²) in [6.45, 7) is 2.68. The van der Waals surface area contributed by atoms with Crippen LogP contribution in [0.15, 0.2) is 27.6 Å². The van der Waals surface area contributed by atoms with Crippen molar-refractivity contribution in [2.75, 3.05) is 11.9 Å². The Morgan fingerprint density at radius 1 is 1.09 bits per heavy atom. The Hall–Kier alpha value is -2.61. The van der Waals surface area contributed by atoms with Crippen LogP contribution in [-0.4, -0.2) is 36.4 Å². The number of nitrogens with zero attached hydrogens (tertiary/aromatic N) is 2. The standard InChI is InChI=1S/C18H17F6N3O4S/c1-9-15(10(2)31-26-9)32(29,30)27-5-3-4-14(27)16(28)25-13-7-11(17(19,20)21)6-12(8-13)18(22,23)24/h6-8,14H,3-5H2,1-2H3,(H,25,28)/t14-/m0/s1. The molecule has 0 radical (unpaired) electrons. The van der Waals surface area contributed by atoms with Gasteiger partial charge in [-0.05, 0) is 44.9 Å². The van der Waals surface area contributed by atoms with Gasteiger partial charge in [0.15, 0.2) is 5.76 Å². The molecule has 176 valence electrons. The first-order chi connectivity index (χ1) is 14.6. The van der Waals surface area contributed by atoms with E-state index >= 15 is 0 Å². The SMILES string of the molecule is Cc1noc(C)c1S(=O)(=O)N1CCC[C@H]1C(=O)Nc1cc(C(F)(F)F)cc(C(F)(F)F)c1. The van der Waals surface area contributed by atoms with Crippen molar-refractivity contribution in [1.82, 2.24) is 9.46 Å². The van der Waals surface area contributed by atoms with Crippen LogP contribution in [0.3, 0.4) is 0 Å². The highest BCUT2D eigenvalue weighted by Gasteiger charge is 2.42. The van der Waals surface area contributed by atoms with Gasteiger partial charge in [-0.25, -0.2) is 8.42 Å². The number of anilines is 1. The fourth-order valence-corrected chi connectivity index (χ4v) is 5.45. The molecule has 0 saturated carbocycles. The molecule has 0 bridgehead atoms. The van der Waals surface area contributed by atoms with Gasteiger partial charge < -0.3 is 9.84 Å². The number of aryl methyl sites for hydroxylation is 2. The summed E-state index contributed by atoms with van der Waals surface area (Å²) >= 11 is 0. The summed E-state index contributed by atoms with van der Waals surface area (Å²) in [4.78, 5) is 12.5. The topological polar surface area (TPSA) is 92.5 Å². The Kier molecular flexibility index (Phi) is 6.06. The second kappa shape index (κ2) is 8.06. The van der Waals surface area contributed by atoms with Gasteiger partial charge in [0.1, 0.15) is 16.6 Å². The lowest BCUT2D eigenvalue weighted by molar-refractivity contribution is -0.143. The highest BCUT2D eigenvalue weighted by molar-refractivity contribution is 7.89. The maximum absolute atomic E-state index is 13.0. The zero-order valence-electron chi connectivity index (χ0n) is 16.6. The molecule has 7 nitrogen and oxygen atoms in total. The van der Waals surface area contributed by atoms with Crippen LogP contribution in [0, 0.1) is 13.8 Å². The molecule has 1 fully saturated rings. The Morgan fingerprint density at radius 3 is 2.12 bits per heavy atom. The molecule has 2 aromatic rings. The number of hydrogen-bond acceptors (Lipinski definition) is 5. The lowest BCUT2D eigenvalue weighted by Gasteiger charge is -2.23. The number of sulfonamides is 1. The summed E-state index contributed by atoms with van der Waals surface area (Å²) in [5, 5.41) is 5.56. The summed E-state index contributed by atoms with van der Waals surface area (Å²) in [7, 11) is -4.25. The quantitative estimate of drug-likeness (QED) is 0.658. The molecule has 1 amide bonds. The van der Waals surface area contributed by atoms with E-state index in [1.165, 1.54) is 13.8 Å². The number of hydrogen-bond donors (Lipinski definition) is 1. The third kappa shape index (κ3) is 4.60. The smallest absolute Gasteiger partial charge is 0.360 e. The van der Waals surface area contributed by atoms with Crippen LogP contribution < -0.4 is 5.32 Å². The van der Waals surface area contributed by atoms with Crippen LogP contribution in [0.2, 0.25) is 0 Å². The Bertz CT molecular complexity index is 1090. The molecule has 1 saturated heterocycles. The predicted octanol–water partition coefficient (Wildman–Crippen LogP) is 4.12. The number of amides is 1. The maximum atomic E-state index is 13.0. The number of alkyl halides is 6. The number of carbonyl (C=O) groups is 1. The Morgan fingerprint density at radius 2 is 1.66 bits per heavy atom. The van der Waals surface area contributed by atoms with Gasteiger partial charge in [-0.1, -0.05) is 5.16 Å². The van der Waals surface area contributed by atoms with Gasteiger partial charge in [-0.2, -0.15) is 30.6 Å². The average Bonchev–Trinajstić information content (AvgIpc) is 3.27. The molecule has 1 atom stereocenters. The normalized spacial score (nSPS) is 18.2. The van der Waals surface area contributed by atoms with E-state index in [4.69, 9.17) is 4.52 Å². The minimum absolute atomic E-state index is 0.0127. The highest BCUT2D eigenvalue weighted by Crippen LogP contribution is 2.38. The molecule has 1 aliphatic rings. The summed E-state index contributed by atoms with van der Waals surface area (Å²) in [6.07, 6.45) is -9.89. The third-order valence-electron chi connectivity index (χ3n) is 4.90. The molecule has 0 spiro atoms. The third-order valence-corrected chi connectivity index (χ3v) is 7.05. The van der Waals surface area contributed by atoms with Crippen molar-refractivity contribution < 1.29 is 44.1 Å². The molecule has 2 heterocycles. The fraction of sp³-hybridized carbons (Fsp3) is 0.444. The molecular formula is C18H17F6N3O4S. The first kappa shape index (κ1) is 24.0. The lowest BCUT2D eigenvalue weighted by Crippen LogP contribution is -2.43. The summed E-state index contributed by atoms with van der Waals surface area (Å²) in [6, 6.07) is -0.693. The van der Waals surface area contributed by atoms with Crippen LogP contribution >= 0.6 is 0 Å². The molecule has 0 aliphatic carbocycles. The van der Waals surface area contributed by atoms with Gasteiger partial charge in [0.05, 0.1) is 11.1 Å². The van der Waals surface area contributed by atoms with Gasteiger partial charge in [0.2, 0.25) is 15.9 Å². The van der Waals surface area contributed by atoms with E-state index in [9.17, 15) is 39.6 Å². The van der Waals surface area contributed by atoms with Crippen molar-refractivity contribution in [2.24, 2.45) is 0 Å². The molecule has 1 aliphatic heterocycles. The van der Waals surface area contributed by atoms with E-state index in [1.807, 2.05) is 5.32 Å². The Labute approximate surface area is 178 Å². The van der Waals surface area contributed by atoms with Crippen molar-refractivity contribution in [1.29, 1.82) is 0 Å². The molecule has 32 heavy (non-hydrogen) atoms. The monoisotopic (exact) mass is 485 g/mol. The average molecular weight is 485 g/mol. The summed E-state index contributed by atoms with van der Waals surface area (Å²) < 4.78 is 110. The van der Waals surface area contributed by atoms with E-state index in [0.29, 0.717) is 12.1 Å². The first-order valence-electron chi connectivity index (χ1n) is 9.17. The van der Waals surface area contributed by atoms with E-state index in [0.717, 1.165) is 4.31 Å². The Balaban J connectivity index is 1.93. The van der Waals surface area contributed by atoms with E-state index in [-0.39, 0.29) is 41.8 Å². The second-order valence-electron chi connectivity index (χ2n) is 7.21. The first-order valence-corrected chi connectivity index (χ1v) is 10.6. The number of benzene rings is 1. The second-order valence-corrected chi connectivity index (χ2v) is 9.04. The highest BCUT2D eigenvalue weighted by atomic mass is 32.2. The van der Waals surface area contributed by atoms with E-state index in [2.05, 4.69) is 5.16 Å². The minimum atomic E-state index is -5.09. The van der Waals surface area contributed by atoms with Crippen LogP contribution in [0.25, 0.3) is 0 Å². The number of rotatable bonds is 4. The minimum Gasteiger partial charge on any atom is -0.360 e. The zero-order chi connectivity index (χ0) is 24.1. The zero-order valence-corrected chi connectivity index (χ0v) is 17.5. The summed E-state index contributed by atoms with van der Waals surface area (Å²) in [5.74, 6) is -1.06. The van der Waals surface area contributed by atoms with Gasteiger partial charge in [0, 0.05) is 12.2 Å². The van der Waals surface area contributed by atoms with Gasteiger partial charge in [-0.3, -0.25) is 4.79 Å². The van der Waals surface area contributed by atoms with Gasteiger partial charge >= 0.3 is 12.4 Å². The lowest BCUT2D eigenvalue weighted by atomic mass is 10.1. The molecule has 1 N–H and O–H groups in total. The molecule has 14 heteroatoms. The van der Waals surface area contributed by atoms with Crippen molar-refractivity contribution in [3.63, 3.8) is 0 Å². The molecule has 1 aromatic carbocycles. The van der Waals surface area contributed by atoms with Crippen LogP contribution in [0.5, 0.6) is 0 Å². The molecule has 0 unspecified atom stereocenters. The van der Waals surface area contributed by atoms with E-state index < -0.39 is 51.1 Å². The largest absolute Gasteiger partial charge is 0.416 e. The molecule has 3 rings (SSSR count). The van der Waals surface area contributed by atoms with E-state index in [1.54, 1.807) is 0 Å². The number of halogens is 6. The summed E-state index contributed by atoms with van der Waals surface area (Å²) in [5.41, 5.74) is -3.90. The van der Waals surface area contributed by atoms with Crippen LogP contribution in [-0.2, 0) is 27.2 Å². The molecular weight excluding hydrogens is 468 g/mol. The van der Waals surface area contributed by atoms with Crippen molar-refractivity contribution >= 4 is 21.6 Å². The van der Waals surface area contributed by atoms with Crippen LogP contribution in [0.4, 0.5) is 32.0 Å². The number of aromatic nitrogens is 1. The van der Waals surface area contributed by atoms with Crippen molar-refractivity contribution in [2.45, 2.75) is 50.0 Å². The number of carbonyl (C=O) groups excluding carboxylic acids is 1. The number of nitrogens with one attached hydrogen (secondary N) is 1.